The monoisotopic (exact) mass is 503 g/mol. The molecule has 3 aromatic carbocycles. The van der Waals surface area contributed by atoms with Crippen molar-refractivity contribution in [3.63, 3.8) is 0 Å². The maximum absolute atomic E-state index is 2.48. The molecule has 1 aliphatic carbocycles. The Balaban J connectivity index is 0.000000601. The third kappa shape index (κ3) is 5.70. The molecule has 0 saturated heterocycles. The van der Waals surface area contributed by atoms with Gasteiger partial charge in [-0.3, -0.25) is 0 Å². The molecule has 0 N–H and O–H groups in total. The second kappa shape index (κ2) is 10.4. The van der Waals surface area contributed by atoms with Crippen LogP contribution in [0.1, 0.15) is 25.3 Å². The number of halogens is 2. The van der Waals surface area contributed by atoms with Crippen LogP contribution in [0.2, 0.25) is 19.6 Å². The Hall–Kier alpha value is -0.660. The Kier molecular flexibility index (Phi) is 9.42. The number of hydrogen-bond donors (Lipinski definition) is 0. The van der Waals surface area contributed by atoms with Crippen LogP contribution in [-0.4, -0.2) is 11.3 Å². The summed E-state index contributed by atoms with van der Waals surface area (Å²) in [6.07, 6.45) is 7.22. The molecule has 0 amide bonds. The fourth-order valence-electron chi connectivity index (χ4n) is 3.50. The number of rotatable bonds is 2. The summed E-state index contributed by atoms with van der Waals surface area (Å²) < 4.78 is 1.51. The minimum Gasteiger partial charge on any atom is -1.00 e. The largest absolute Gasteiger partial charge is 1.00 e. The minimum atomic E-state index is -1.22. The summed E-state index contributed by atoms with van der Waals surface area (Å²) in [6, 6.07) is 17.8. The van der Waals surface area contributed by atoms with E-state index in [-0.39, 0.29) is 24.8 Å². The van der Waals surface area contributed by atoms with Crippen LogP contribution in [0.25, 0.3) is 21.5 Å². The smallest absolute Gasteiger partial charge is 0.0771 e. The second-order valence-corrected chi connectivity index (χ2v) is 15.8. The average Bonchev–Trinajstić information content (AvgIpc) is 3.18. The Morgan fingerprint density at radius 3 is 2.14 bits per heavy atom. The van der Waals surface area contributed by atoms with Gasteiger partial charge < -0.3 is 24.8 Å². The van der Waals surface area contributed by atoms with E-state index in [0.717, 1.165) is 0 Å². The average molecular weight is 506 g/mol. The van der Waals surface area contributed by atoms with Crippen molar-refractivity contribution in [1.82, 2.24) is 0 Å². The van der Waals surface area contributed by atoms with Gasteiger partial charge in [0.1, 0.15) is 0 Å². The van der Waals surface area contributed by atoms with Gasteiger partial charge in [0.2, 0.25) is 0 Å². The standard InChI is InChI=1S/C21H21Si.C3H6.2ClH.Zr/c1-22(2,3)17-12-11-16(13-17)19-9-6-10-20-18-8-5-4-7-15(18)14-21(19)20;1-3-2;;;/h4-14,16H,1-3H3;1-2H3;2*1H;/q-1;;;;+2/p-2. The maximum atomic E-state index is 2.48. The summed E-state index contributed by atoms with van der Waals surface area (Å²) in [7, 11) is -1.22. The zero-order valence-electron chi connectivity index (χ0n) is 17.2. The van der Waals surface area contributed by atoms with Crippen LogP contribution in [0.4, 0.5) is 0 Å². The number of fused-ring (bicyclic) bond motifs is 3. The Morgan fingerprint density at radius 2 is 1.54 bits per heavy atom. The third-order valence-electron chi connectivity index (χ3n) is 4.76. The molecule has 0 aliphatic heterocycles. The first-order chi connectivity index (χ1) is 12.3. The van der Waals surface area contributed by atoms with Crippen molar-refractivity contribution in [3.05, 3.63) is 77.5 Å². The van der Waals surface area contributed by atoms with Crippen molar-refractivity contribution >= 4 is 32.8 Å². The van der Waals surface area contributed by atoms with Gasteiger partial charge in [-0.15, -0.1) is 33.7 Å². The molecule has 0 fully saturated rings. The van der Waals surface area contributed by atoms with Crippen molar-refractivity contribution in [1.29, 1.82) is 0 Å². The van der Waals surface area contributed by atoms with Crippen LogP contribution in [0.5, 0.6) is 0 Å². The van der Waals surface area contributed by atoms with E-state index in [9.17, 15) is 0 Å². The van der Waals surface area contributed by atoms with Gasteiger partial charge in [0.05, 0.1) is 8.07 Å². The van der Waals surface area contributed by atoms with Crippen LogP contribution in [0, 0.1) is 0 Å². The molecular weight excluding hydrogens is 478 g/mol. The van der Waals surface area contributed by atoms with Crippen LogP contribution in [-0.2, 0) is 24.2 Å². The van der Waals surface area contributed by atoms with Crippen LogP contribution in [0.3, 0.4) is 0 Å². The van der Waals surface area contributed by atoms with E-state index in [1.54, 1.807) is 29.4 Å². The molecule has 0 bridgehead atoms. The fraction of sp³-hybridized carbons (Fsp3) is 0.250. The minimum absolute atomic E-state index is 0. The van der Waals surface area contributed by atoms with E-state index in [1.165, 1.54) is 30.3 Å². The summed E-state index contributed by atoms with van der Waals surface area (Å²) in [5.74, 6) is 0.433. The summed E-state index contributed by atoms with van der Waals surface area (Å²) in [4.78, 5) is 0. The van der Waals surface area contributed by atoms with Gasteiger partial charge in [-0.25, -0.2) is 0 Å². The molecule has 4 heteroatoms. The van der Waals surface area contributed by atoms with E-state index in [2.05, 4.69) is 100 Å². The molecule has 4 rings (SSSR count). The van der Waals surface area contributed by atoms with Gasteiger partial charge >= 0.3 is 41.3 Å². The quantitative estimate of drug-likeness (QED) is 0.359. The normalized spacial score (nSPS) is 15.4. The maximum Gasteiger partial charge on any atom is 0.0771 e. The molecule has 0 heterocycles. The second-order valence-electron chi connectivity index (χ2n) is 8.30. The van der Waals surface area contributed by atoms with E-state index in [0.29, 0.717) is 5.92 Å². The number of benzene rings is 2. The Bertz CT molecular complexity index is 1020. The fourth-order valence-corrected chi connectivity index (χ4v) is 4.77. The van der Waals surface area contributed by atoms with Crippen LogP contribution >= 0.6 is 0 Å². The zero-order chi connectivity index (χ0) is 18.9. The van der Waals surface area contributed by atoms with Crippen LogP contribution < -0.4 is 24.8 Å². The molecule has 0 spiro atoms. The predicted molar refractivity (Wildman–Crippen MR) is 117 cm³/mol. The van der Waals surface area contributed by atoms with Crippen molar-refractivity contribution in [2.24, 2.45) is 0 Å². The number of hydrogen-bond acceptors (Lipinski definition) is 0. The van der Waals surface area contributed by atoms with E-state index >= 15 is 0 Å². The number of allylic oxidation sites excluding steroid dienone is 4. The Morgan fingerprint density at radius 1 is 0.929 bits per heavy atom. The molecule has 1 atom stereocenters. The van der Waals surface area contributed by atoms with E-state index in [4.69, 9.17) is 0 Å². The van der Waals surface area contributed by atoms with Crippen molar-refractivity contribution < 1.29 is 49.0 Å². The first-order valence-corrected chi connectivity index (χ1v) is 14.0. The van der Waals surface area contributed by atoms with Gasteiger partial charge in [-0.05, 0) is 5.92 Å². The van der Waals surface area contributed by atoms with Crippen molar-refractivity contribution in [2.75, 3.05) is 0 Å². The molecule has 146 valence electrons. The molecule has 0 aromatic heterocycles. The van der Waals surface area contributed by atoms with Gasteiger partial charge in [0.15, 0.2) is 0 Å². The topological polar surface area (TPSA) is 0 Å². The van der Waals surface area contributed by atoms with Crippen LogP contribution in [0.15, 0.2) is 72.0 Å². The summed E-state index contributed by atoms with van der Waals surface area (Å²) in [5.41, 5.74) is 1.44. The summed E-state index contributed by atoms with van der Waals surface area (Å²) in [5, 5.41) is 7.09. The third-order valence-corrected chi connectivity index (χ3v) is 6.82. The molecule has 28 heavy (non-hydrogen) atoms. The Labute approximate surface area is 197 Å². The molecule has 0 radical (unpaired) electrons. The van der Waals surface area contributed by atoms with Crippen molar-refractivity contribution in [3.8, 4) is 0 Å². The zero-order valence-corrected chi connectivity index (χ0v) is 22.2. The van der Waals surface area contributed by atoms with Gasteiger partial charge in [0, 0.05) is 0 Å². The molecule has 3 aromatic rings. The summed E-state index contributed by atoms with van der Waals surface area (Å²) >= 11 is 1.55. The van der Waals surface area contributed by atoms with Gasteiger partial charge in [-0.2, -0.15) is 0 Å². The van der Waals surface area contributed by atoms with Gasteiger partial charge in [0.25, 0.3) is 0 Å². The molecule has 1 unspecified atom stereocenters. The summed E-state index contributed by atoms with van der Waals surface area (Å²) in [6.45, 7) is 11.5. The van der Waals surface area contributed by atoms with Crippen molar-refractivity contribution in [2.45, 2.75) is 39.4 Å². The first kappa shape index (κ1) is 25.4. The molecule has 1 aliphatic rings. The SMILES string of the molecule is C[C](C)=[Zr+2].C[Si](C)(C)C1=CC(c2cccc3c2[cH-]c2ccccc23)C=C1.[Cl-].[Cl-]. The van der Waals surface area contributed by atoms with Gasteiger partial charge in [-0.1, -0.05) is 85.0 Å². The molecular formula is C24H27Cl2SiZr-. The predicted octanol–water partition coefficient (Wildman–Crippen LogP) is 0.923. The van der Waals surface area contributed by atoms with E-state index < -0.39 is 8.07 Å². The van der Waals surface area contributed by atoms with E-state index in [1.807, 2.05) is 0 Å². The molecule has 0 saturated carbocycles. The molecule has 0 nitrogen and oxygen atoms in total. The first-order valence-electron chi connectivity index (χ1n) is 9.26.